The maximum absolute atomic E-state index is 12.6. The van der Waals surface area contributed by atoms with Gasteiger partial charge in [0, 0.05) is 22.8 Å². The molecule has 3 N–H and O–H groups in total. The van der Waals surface area contributed by atoms with Gasteiger partial charge in [-0.1, -0.05) is 24.3 Å². The fourth-order valence-corrected chi connectivity index (χ4v) is 2.56. The molecule has 4 aromatic rings. The molecule has 0 spiro atoms. The number of fused-ring (bicyclic) bond motifs is 1. The highest BCUT2D eigenvalue weighted by Gasteiger charge is 2.11. The van der Waals surface area contributed by atoms with Gasteiger partial charge in [-0.15, -0.1) is 0 Å². The number of hydrogen-bond acceptors (Lipinski definition) is 3. The van der Waals surface area contributed by atoms with E-state index in [4.69, 9.17) is 0 Å². The van der Waals surface area contributed by atoms with E-state index in [2.05, 4.69) is 25.5 Å². The van der Waals surface area contributed by atoms with Crippen molar-refractivity contribution in [3.8, 4) is 11.4 Å². The minimum absolute atomic E-state index is 0.159. The number of H-pyrrole nitrogens is 2. The van der Waals surface area contributed by atoms with Gasteiger partial charge in [0.15, 0.2) is 5.82 Å². The third-order valence-electron chi connectivity index (χ3n) is 3.64. The molecule has 0 aliphatic carbocycles. The van der Waals surface area contributed by atoms with Gasteiger partial charge in [0.25, 0.3) is 5.91 Å². The topological polar surface area (TPSA) is 86.5 Å². The monoisotopic (exact) mass is 303 g/mol. The highest BCUT2D eigenvalue weighted by molar-refractivity contribution is 6.12. The van der Waals surface area contributed by atoms with Gasteiger partial charge in [-0.3, -0.25) is 9.89 Å². The Balaban J connectivity index is 1.64. The lowest BCUT2D eigenvalue weighted by Crippen LogP contribution is -2.12. The first-order valence-corrected chi connectivity index (χ1v) is 7.14. The molecule has 0 bridgehead atoms. The van der Waals surface area contributed by atoms with Crippen molar-refractivity contribution in [1.29, 1.82) is 0 Å². The van der Waals surface area contributed by atoms with Gasteiger partial charge in [-0.2, -0.15) is 5.10 Å². The number of nitrogens with one attached hydrogen (secondary N) is 3. The second kappa shape index (κ2) is 5.42. The number of carbonyl (C=O) groups is 1. The molecule has 1 amide bonds. The first-order valence-electron chi connectivity index (χ1n) is 7.14. The highest BCUT2D eigenvalue weighted by Crippen LogP contribution is 2.21. The van der Waals surface area contributed by atoms with Crippen LogP contribution in [0.5, 0.6) is 0 Å². The number of nitrogens with zero attached hydrogens (tertiary/aromatic N) is 2. The Morgan fingerprint density at radius 2 is 2.00 bits per heavy atom. The van der Waals surface area contributed by atoms with Crippen LogP contribution in [0.2, 0.25) is 0 Å². The van der Waals surface area contributed by atoms with Gasteiger partial charge in [0.05, 0.1) is 11.1 Å². The van der Waals surface area contributed by atoms with E-state index >= 15 is 0 Å². The number of aromatic nitrogens is 4. The number of aromatic amines is 2. The summed E-state index contributed by atoms with van der Waals surface area (Å²) < 4.78 is 0. The van der Waals surface area contributed by atoms with E-state index in [0.717, 1.165) is 16.5 Å². The van der Waals surface area contributed by atoms with E-state index in [9.17, 15) is 4.79 Å². The summed E-state index contributed by atoms with van der Waals surface area (Å²) in [6.45, 7) is 0. The molecule has 0 unspecified atom stereocenters. The molecule has 23 heavy (non-hydrogen) atoms. The Morgan fingerprint density at radius 1 is 1.09 bits per heavy atom. The molecule has 0 aliphatic heterocycles. The first-order chi connectivity index (χ1) is 11.3. The molecular weight excluding hydrogens is 290 g/mol. The first kappa shape index (κ1) is 13.3. The lowest BCUT2D eigenvalue weighted by atomic mass is 10.1. The smallest absolute Gasteiger partial charge is 0.257 e. The van der Waals surface area contributed by atoms with Crippen molar-refractivity contribution in [2.45, 2.75) is 0 Å². The molecule has 4 rings (SSSR count). The molecule has 0 saturated heterocycles. The zero-order valence-corrected chi connectivity index (χ0v) is 12.1. The number of carbonyl (C=O) groups excluding carboxylic acids is 1. The number of benzene rings is 2. The minimum atomic E-state index is -0.159. The van der Waals surface area contributed by atoms with Gasteiger partial charge in [0.1, 0.15) is 6.33 Å². The van der Waals surface area contributed by atoms with Gasteiger partial charge in [0.2, 0.25) is 0 Å². The summed E-state index contributed by atoms with van der Waals surface area (Å²) >= 11 is 0. The number of anilines is 1. The molecule has 2 heterocycles. The third-order valence-corrected chi connectivity index (χ3v) is 3.64. The predicted octanol–water partition coefficient (Wildman–Crippen LogP) is 3.21. The Labute approximate surface area is 131 Å². The van der Waals surface area contributed by atoms with Crippen LogP contribution in [0.25, 0.3) is 22.3 Å². The van der Waals surface area contributed by atoms with E-state index in [1.54, 1.807) is 6.07 Å². The standard InChI is InChI=1S/C17H13N5O/c23-17(14-6-2-3-11-7-8-18-15(11)14)21-13-5-1-4-12(9-13)16-19-10-20-22-16/h1-10,18H,(H,21,23)(H,19,20,22). The molecule has 0 saturated carbocycles. The van der Waals surface area contributed by atoms with E-state index in [1.807, 2.05) is 48.7 Å². The number of rotatable bonds is 3. The second-order valence-electron chi connectivity index (χ2n) is 5.12. The highest BCUT2D eigenvalue weighted by atomic mass is 16.1. The molecule has 0 atom stereocenters. The fourth-order valence-electron chi connectivity index (χ4n) is 2.56. The lowest BCUT2D eigenvalue weighted by Gasteiger charge is -2.07. The second-order valence-corrected chi connectivity index (χ2v) is 5.12. The Bertz CT molecular complexity index is 972. The molecule has 6 nitrogen and oxygen atoms in total. The van der Waals surface area contributed by atoms with Crippen molar-refractivity contribution in [3.63, 3.8) is 0 Å². The van der Waals surface area contributed by atoms with Crippen molar-refractivity contribution < 1.29 is 4.79 Å². The van der Waals surface area contributed by atoms with E-state index in [-0.39, 0.29) is 5.91 Å². The normalized spacial score (nSPS) is 10.8. The lowest BCUT2D eigenvalue weighted by molar-refractivity contribution is 0.102. The fraction of sp³-hybridized carbons (Fsp3) is 0. The summed E-state index contributed by atoms with van der Waals surface area (Å²) in [5, 5.41) is 10.6. The van der Waals surface area contributed by atoms with Crippen LogP contribution in [-0.4, -0.2) is 26.1 Å². The minimum Gasteiger partial charge on any atom is -0.361 e. The number of para-hydroxylation sites is 1. The molecule has 2 aromatic carbocycles. The number of hydrogen-bond donors (Lipinski definition) is 3. The average Bonchev–Trinajstić information content (AvgIpc) is 3.26. The quantitative estimate of drug-likeness (QED) is 0.543. The zero-order chi connectivity index (χ0) is 15.6. The van der Waals surface area contributed by atoms with E-state index < -0.39 is 0 Å². The van der Waals surface area contributed by atoms with Crippen molar-refractivity contribution >= 4 is 22.5 Å². The van der Waals surface area contributed by atoms with Crippen LogP contribution in [0.4, 0.5) is 5.69 Å². The van der Waals surface area contributed by atoms with E-state index in [1.165, 1.54) is 6.33 Å². The van der Waals surface area contributed by atoms with Crippen LogP contribution in [0.15, 0.2) is 61.1 Å². The van der Waals surface area contributed by atoms with Crippen molar-refractivity contribution in [2.75, 3.05) is 5.32 Å². The SMILES string of the molecule is O=C(Nc1cccc(-c2ncn[nH]2)c1)c1cccc2cc[nH]c12. The molecule has 0 aliphatic rings. The summed E-state index contributed by atoms with van der Waals surface area (Å²) in [4.78, 5) is 19.8. The van der Waals surface area contributed by atoms with Gasteiger partial charge in [-0.05, 0) is 24.3 Å². The third kappa shape index (κ3) is 2.46. The summed E-state index contributed by atoms with van der Waals surface area (Å²) in [5.41, 5.74) is 3.00. The largest absolute Gasteiger partial charge is 0.361 e. The average molecular weight is 303 g/mol. The summed E-state index contributed by atoms with van der Waals surface area (Å²) in [6, 6.07) is 15.0. The van der Waals surface area contributed by atoms with Crippen LogP contribution in [-0.2, 0) is 0 Å². The van der Waals surface area contributed by atoms with Gasteiger partial charge in [-0.25, -0.2) is 4.98 Å². The Hall–Kier alpha value is -3.41. The van der Waals surface area contributed by atoms with Crippen LogP contribution in [0.1, 0.15) is 10.4 Å². The Morgan fingerprint density at radius 3 is 2.87 bits per heavy atom. The molecular formula is C17H13N5O. The summed E-state index contributed by atoms with van der Waals surface area (Å²) in [5.74, 6) is 0.500. The zero-order valence-electron chi connectivity index (χ0n) is 12.1. The van der Waals surface area contributed by atoms with E-state index in [0.29, 0.717) is 17.1 Å². The molecule has 0 fully saturated rings. The van der Waals surface area contributed by atoms with Crippen LogP contribution in [0.3, 0.4) is 0 Å². The maximum Gasteiger partial charge on any atom is 0.257 e. The van der Waals surface area contributed by atoms with Crippen molar-refractivity contribution in [1.82, 2.24) is 20.2 Å². The summed E-state index contributed by atoms with van der Waals surface area (Å²) in [6.07, 6.45) is 3.28. The van der Waals surface area contributed by atoms with Crippen molar-refractivity contribution in [3.05, 3.63) is 66.6 Å². The Kier molecular flexibility index (Phi) is 3.12. The number of amides is 1. The molecule has 112 valence electrons. The van der Waals surface area contributed by atoms with Crippen LogP contribution < -0.4 is 5.32 Å². The summed E-state index contributed by atoms with van der Waals surface area (Å²) in [7, 11) is 0. The van der Waals surface area contributed by atoms with Crippen LogP contribution in [0, 0.1) is 0 Å². The predicted molar refractivity (Wildman–Crippen MR) is 88.1 cm³/mol. The van der Waals surface area contributed by atoms with Gasteiger partial charge >= 0.3 is 0 Å². The maximum atomic E-state index is 12.6. The molecule has 0 radical (unpaired) electrons. The molecule has 6 heteroatoms. The van der Waals surface area contributed by atoms with Gasteiger partial charge < -0.3 is 10.3 Å². The van der Waals surface area contributed by atoms with Crippen LogP contribution >= 0.6 is 0 Å². The molecule has 2 aromatic heterocycles. The van der Waals surface area contributed by atoms with Crippen molar-refractivity contribution in [2.24, 2.45) is 0 Å².